The molecule has 0 spiro atoms. The molecule has 1 atom stereocenters. The highest BCUT2D eigenvalue weighted by atomic mass is 79.9. The molecule has 2 N–H and O–H groups in total. The van der Waals surface area contributed by atoms with E-state index in [2.05, 4.69) is 15.9 Å². The van der Waals surface area contributed by atoms with E-state index >= 15 is 0 Å². The van der Waals surface area contributed by atoms with Gasteiger partial charge in [-0.15, -0.1) is 0 Å². The minimum absolute atomic E-state index is 0.274. The number of furan rings is 1. The van der Waals surface area contributed by atoms with E-state index in [1.807, 2.05) is 0 Å². The average molecular weight is 270 g/mol. The summed E-state index contributed by atoms with van der Waals surface area (Å²) in [4.78, 5) is 0. The van der Waals surface area contributed by atoms with Gasteiger partial charge in [0.25, 0.3) is 0 Å². The molecule has 1 unspecified atom stereocenters. The molecule has 0 saturated carbocycles. The summed E-state index contributed by atoms with van der Waals surface area (Å²) < 4.78 is 18.8. The van der Waals surface area contributed by atoms with Gasteiger partial charge >= 0.3 is 0 Å². The standard InChI is InChI=1S/C11H9BrFNO/c12-9-5-6-15-11(9)10(14)7-1-3-8(13)4-2-7/h1-6,10H,14H2. The topological polar surface area (TPSA) is 39.2 Å². The Morgan fingerprint density at radius 3 is 2.40 bits per heavy atom. The molecule has 0 saturated heterocycles. The van der Waals surface area contributed by atoms with Gasteiger partial charge in [0.15, 0.2) is 0 Å². The van der Waals surface area contributed by atoms with Crippen LogP contribution in [-0.2, 0) is 0 Å². The monoisotopic (exact) mass is 269 g/mol. The lowest BCUT2D eigenvalue weighted by molar-refractivity contribution is 0.487. The summed E-state index contributed by atoms with van der Waals surface area (Å²) in [5.74, 6) is 0.367. The Balaban J connectivity index is 2.32. The van der Waals surface area contributed by atoms with Crippen LogP contribution in [0.15, 0.2) is 45.5 Å². The second kappa shape index (κ2) is 4.16. The Bertz CT molecular complexity index is 452. The number of nitrogens with two attached hydrogens (primary N) is 1. The first kappa shape index (κ1) is 10.4. The smallest absolute Gasteiger partial charge is 0.139 e. The van der Waals surface area contributed by atoms with E-state index in [1.54, 1.807) is 24.5 Å². The third-order valence-corrected chi connectivity index (χ3v) is 2.81. The molecule has 0 aliphatic rings. The van der Waals surface area contributed by atoms with E-state index in [-0.39, 0.29) is 11.9 Å². The van der Waals surface area contributed by atoms with Gasteiger partial charge in [-0.25, -0.2) is 4.39 Å². The van der Waals surface area contributed by atoms with Crippen LogP contribution in [0.3, 0.4) is 0 Å². The lowest BCUT2D eigenvalue weighted by Gasteiger charge is -2.09. The summed E-state index contributed by atoms with van der Waals surface area (Å²) in [6.45, 7) is 0. The molecular formula is C11H9BrFNO. The van der Waals surface area contributed by atoms with Gasteiger partial charge in [-0.1, -0.05) is 12.1 Å². The van der Waals surface area contributed by atoms with Gasteiger partial charge in [0, 0.05) is 0 Å². The summed E-state index contributed by atoms with van der Waals surface area (Å²) >= 11 is 3.33. The van der Waals surface area contributed by atoms with Crippen LogP contribution in [-0.4, -0.2) is 0 Å². The predicted octanol–water partition coefficient (Wildman–Crippen LogP) is 3.23. The normalized spacial score (nSPS) is 12.7. The Hall–Kier alpha value is -1.13. The minimum Gasteiger partial charge on any atom is -0.466 e. The molecule has 2 rings (SSSR count). The molecule has 0 aliphatic heterocycles. The Kier molecular flexibility index (Phi) is 2.88. The van der Waals surface area contributed by atoms with E-state index in [9.17, 15) is 4.39 Å². The van der Waals surface area contributed by atoms with Crippen molar-refractivity contribution in [3.8, 4) is 0 Å². The molecular weight excluding hydrogens is 261 g/mol. The zero-order valence-corrected chi connectivity index (χ0v) is 9.37. The molecule has 0 amide bonds. The SMILES string of the molecule is NC(c1ccc(F)cc1)c1occc1Br. The highest BCUT2D eigenvalue weighted by Gasteiger charge is 2.15. The molecule has 78 valence electrons. The molecule has 1 aromatic heterocycles. The van der Waals surface area contributed by atoms with Gasteiger partial charge in [-0.05, 0) is 39.7 Å². The minimum atomic E-state index is -0.380. The van der Waals surface area contributed by atoms with Crippen molar-refractivity contribution in [3.05, 3.63) is 58.2 Å². The van der Waals surface area contributed by atoms with Crippen LogP contribution >= 0.6 is 15.9 Å². The van der Waals surface area contributed by atoms with Crippen molar-refractivity contribution in [2.24, 2.45) is 5.73 Å². The zero-order valence-electron chi connectivity index (χ0n) is 7.78. The summed E-state index contributed by atoms with van der Waals surface area (Å²) in [6.07, 6.45) is 1.56. The summed E-state index contributed by atoms with van der Waals surface area (Å²) in [6, 6.07) is 7.45. The van der Waals surface area contributed by atoms with Crippen LogP contribution in [0.2, 0.25) is 0 Å². The molecule has 1 aromatic carbocycles. The van der Waals surface area contributed by atoms with Crippen molar-refractivity contribution in [3.63, 3.8) is 0 Å². The third kappa shape index (κ3) is 2.11. The maximum absolute atomic E-state index is 12.7. The van der Waals surface area contributed by atoms with Crippen molar-refractivity contribution in [1.29, 1.82) is 0 Å². The summed E-state index contributed by atoms with van der Waals surface area (Å²) in [5, 5.41) is 0. The molecule has 4 heteroatoms. The predicted molar refractivity (Wildman–Crippen MR) is 58.8 cm³/mol. The Morgan fingerprint density at radius 1 is 1.20 bits per heavy atom. The van der Waals surface area contributed by atoms with Crippen LogP contribution < -0.4 is 5.73 Å². The number of hydrogen-bond acceptors (Lipinski definition) is 2. The number of hydrogen-bond donors (Lipinski definition) is 1. The Morgan fingerprint density at radius 2 is 1.87 bits per heavy atom. The maximum atomic E-state index is 12.7. The van der Waals surface area contributed by atoms with Gasteiger partial charge in [0.05, 0.1) is 16.8 Å². The highest BCUT2D eigenvalue weighted by Crippen LogP contribution is 2.27. The molecule has 0 bridgehead atoms. The van der Waals surface area contributed by atoms with Crippen LogP contribution in [0.4, 0.5) is 4.39 Å². The van der Waals surface area contributed by atoms with E-state index < -0.39 is 0 Å². The van der Waals surface area contributed by atoms with E-state index in [1.165, 1.54) is 12.1 Å². The molecule has 2 nitrogen and oxygen atoms in total. The van der Waals surface area contributed by atoms with Crippen LogP contribution in [0.5, 0.6) is 0 Å². The Labute approximate surface area is 95.0 Å². The van der Waals surface area contributed by atoms with Gasteiger partial charge in [-0.2, -0.15) is 0 Å². The van der Waals surface area contributed by atoms with Crippen LogP contribution in [0.1, 0.15) is 17.4 Å². The second-order valence-corrected chi connectivity index (χ2v) is 4.02. The van der Waals surface area contributed by atoms with Crippen molar-refractivity contribution < 1.29 is 8.81 Å². The first-order valence-electron chi connectivity index (χ1n) is 4.42. The molecule has 0 fully saturated rings. The summed E-state index contributed by atoms with van der Waals surface area (Å²) in [7, 11) is 0. The van der Waals surface area contributed by atoms with Crippen molar-refractivity contribution in [2.45, 2.75) is 6.04 Å². The third-order valence-electron chi connectivity index (χ3n) is 2.16. The molecule has 15 heavy (non-hydrogen) atoms. The number of benzene rings is 1. The summed E-state index contributed by atoms with van der Waals surface area (Å²) in [5.41, 5.74) is 6.78. The largest absolute Gasteiger partial charge is 0.466 e. The van der Waals surface area contributed by atoms with Crippen molar-refractivity contribution in [1.82, 2.24) is 0 Å². The average Bonchev–Trinajstić information content (AvgIpc) is 2.65. The number of rotatable bonds is 2. The van der Waals surface area contributed by atoms with Crippen LogP contribution in [0, 0.1) is 5.82 Å². The highest BCUT2D eigenvalue weighted by molar-refractivity contribution is 9.10. The van der Waals surface area contributed by atoms with E-state index in [0.717, 1.165) is 10.0 Å². The van der Waals surface area contributed by atoms with Gasteiger partial charge in [0.1, 0.15) is 11.6 Å². The molecule has 0 radical (unpaired) electrons. The maximum Gasteiger partial charge on any atom is 0.139 e. The van der Waals surface area contributed by atoms with Gasteiger partial charge in [-0.3, -0.25) is 0 Å². The van der Waals surface area contributed by atoms with Gasteiger partial charge in [0.2, 0.25) is 0 Å². The number of halogens is 2. The molecule has 0 aliphatic carbocycles. The lowest BCUT2D eigenvalue weighted by atomic mass is 10.1. The zero-order chi connectivity index (χ0) is 10.8. The first-order valence-corrected chi connectivity index (χ1v) is 5.21. The molecule has 2 aromatic rings. The quantitative estimate of drug-likeness (QED) is 0.909. The van der Waals surface area contributed by atoms with Crippen molar-refractivity contribution >= 4 is 15.9 Å². The molecule has 1 heterocycles. The first-order chi connectivity index (χ1) is 7.18. The fourth-order valence-corrected chi connectivity index (χ4v) is 1.80. The van der Waals surface area contributed by atoms with Crippen molar-refractivity contribution in [2.75, 3.05) is 0 Å². The fourth-order valence-electron chi connectivity index (χ4n) is 1.35. The van der Waals surface area contributed by atoms with E-state index in [0.29, 0.717) is 5.76 Å². The second-order valence-electron chi connectivity index (χ2n) is 3.16. The van der Waals surface area contributed by atoms with Crippen LogP contribution in [0.25, 0.3) is 0 Å². The lowest BCUT2D eigenvalue weighted by Crippen LogP contribution is -2.11. The fraction of sp³-hybridized carbons (Fsp3) is 0.0909. The van der Waals surface area contributed by atoms with E-state index in [4.69, 9.17) is 10.2 Å². The van der Waals surface area contributed by atoms with Gasteiger partial charge < -0.3 is 10.2 Å².